The van der Waals surface area contributed by atoms with Gasteiger partial charge >= 0.3 is 0 Å². The van der Waals surface area contributed by atoms with Gasteiger partial charge < -0.3 is 19.7 Å². The van der Waals surface area contributed by atoms with Crippen molar-refractivity contribution in [2.75, 3.05) is 45.2 Å². The Labute approximate surface area is 172 Å². The standard InChI is InChI=1S/C21H31N7O/c1-14-15(2)24-19(25-20(14)28-12-7-17(13-28)26(3)4)21(29)27-10-5-16(6-11-27)18-22-8-9-23-18/h8-9,16-17H,5-7,10-13H2,1-4H3,(H,22,23)/t17-/m1/s1. The van der Waals surface area contributed by atoms with Gasteiger partial charge in [-0.2, -0.15) is 0 Å². The average molecular weight is 398 g/mol. The summed E-state index contributed by atoms with van der Waals surface area (Å²) in [6.45, 7) is 7.34. The van der Waals surface area contributed by atoms with E-state index in [9.17, 15) is 4.79 Å². The Morgan fingerprint density at radius 1 is 1.14 bits per heavy atom. The number of amides is 1. The van der Waals surface area contributed by atoms with Crippen LogP contribution in [-0.2, 0) is 0 Å². The average Bonchev–Trinajstić information content (AvgIpc) is 3.42. The van der Waals surface area contributed by atoms with Gasteiger partial charge in [-0.1, -0.05) is 0 Å². The minimum Gasteiger partial charge on any atom is -0.355 e. The van der Waals surface area contributed by atoms with Gasteiger partial charge in [0.2, 0.25) is 5.82 Å². The summed E-state index contributed by atoms with van der Waals surface area (Å²) in [5.41, 5.74) is 1.95. The van der Waals surface area contributed by atoms with Crippen LogP contribution in [0, 0.1) is 13.8 Å². The predicted molar refractivity (Wildman–Crippen MR) is 112 cm³/mol. The molecule has 1 N–H and O–H groups in total. The molecule has 2 aliphatic heterocycles. The molecule has 0 aliphatic carbocycles. The number of anilines is 1. The topological polar surface area (TPSA) is 81.2 Å². The number of piperidine rings is 1. The molecule has 2 aromatic heterocycles. The van der Waals surface area contributed by atoms with E-state index in [1.807, 2.05) is 18.0 Å². The zero-order valence-electron chi connectivity index (χ0n) is 17.9. The SMILES string of the molecule is Cc1nc(C(=O)N2CCC(c3ncc[nH]3)CC2)nc(N2CC[C@@H](N(C)C)C2)c1C. The summed E-state index contributed by atoms with van der Waals surface area (Å²) in [5.74, 6) is 2.59. The fourth-order valence-corrected chi connectivity index (χ4v) is 4.37. The molecule has 8 heteroatoms. The lowest BCUT2D eigenvalue weighted by atomic mass is 9.96. The quantitative estimate of drug-likeness (QED) is 0.850. The molecule has 0 unspecified atom stereocenters. The van der Waals surface area contributed by atoms with Crippen LogP contribution in [0.15, 0.2) is 12.4 Å². The number of likely N-dealkylation sites (tertiary alicyclic amines) is 1. The number of imidazole rings is 1. The molecule has 1 amide bonds. The number of nitrogens with zero attached hydrogens (tertiary/aromatic N) is 6. The largest absolute Gasteiger partial charge is 0.355 e. The van der Waals surface area contributed by atoms with E-state index in [0.717, 1.165) is 55.3 Å². The van der Waals surface area contributed by atoms with Crippen LogP contribution in [0.3, 0.4) is 0 Å². The Morgan fingerprint density at radius 2 is 1.90 bits per heavy atom. The third-order valence-corrected chi connectivity index (χ3v) is 6.44. The molecule has 2 aromatic rings. The van der Waals surface area contributed by atoms with E-state index >= 15 is 0 Å². The molecule has 2 saturated heterocycles. The first-order valence-electron chi connectivity index (χ1n) is 10.5. The first kappa shape index (κ1) is 19.8. The van der Waals surface area contributed by atoms with Crippen LogP contribution in [0.2, 0.25) is 0 Å². The molecule has 0 bridgehead atoms. The second-order valence-electron chi connectivity index (χ2n) is 8.47. The molecule has 0 saturated carbocycles. The predicted octanol–water partition coefficient (Wildman–Crippen LogP) is 1.98. The van der Waals surface area contributed by atoms with Crippen LogP contribution < -0.4 is 4.90 Å². The number of rotatable bonds is 4. The van der Waals surface area contributed by atoms with Crippen molar-refractivity contribution in [2.45, 2.75) is 45.1 Å². The van der Waals surface area contributed by atoms with E-state index in [-0.39, 0.29) is 5.91 Å². The van der Waals surface area contributed by atoms with Crippen molar-refractivity contribution in [1.29, 1.82) is 0 Å². The number of nitrogens with one attached hydrogen (secondary N) is 1. The van der Waals surface area contributed by atoms with Crippen molar-refractivity contribution < 1.29 is 4.79 Å². The summed E-state index contributed by atoms with van der Waals surface area (Å²) in [6.07, 6.45) is 6.58. The van der Waals surface area contributed by atoms with Gasteiger partial charge in [0.05, 0.1) is 0 Å². The van der Waals surface area contributed by atoms with Crippen LogP contribution in [0.4, 0.5) is 5.82 Å². The van der Waals surface area contributed by atoms with E-state index in [0.29, 0.717) is 30.9 Å². The van der Waals surface area contributed by atoms with Gasteiger partial charge in [-0.25, -0.2) is 15.0 Å². The number of aromatic amines is 1. The Kier molecular flexibility index (Phi) is 5.54. The molecule has 156 valence electrons. The number of carbonyl (C=O) groups excluding carboxylic acids is 1. The van der Waals surface area contributed by atoms with Gasteiger partial charge in [-0.3, -0.25) is 4.79 Å². The fourth-order valence-electron chi connectivity index (χ4n) is 4.37. The maximum atomic E-state index is 13.1. The van der Waals surface area contributed by atoms with Gasteiger partial charge in [0, 0.05) is 61.8 Å². The molecular formula is C21H31N7O. The minimum absolute atomic E-state index is 0.0596. The number of carbonyl (C=O) groups is 1. The molecule has 2 aliphatic rings. The lowest BCUT2D eigenvalue weighted by Crippen LogP contribution is -2.39. The van der Waals surface area contributed by atoms with Crippen molar-refractivity contribution in [2.24, 2.45) is 0 Å². The summed E-state index contributed by atoms with van der Waals surface area (Å²) < 4.78 is 0. The highest BCUT2D eigenvalue weighted by Crippen LogP contribution is 2.28. The zero-order chi connectivity index (χ0) is 20.5. The Morgan fingerprint density at radius 3 is 2.52 bits per heavy atom. The van der Waals surface area contributed by atoms with E-state index in [2.05, 4.69) is 45.8 Å². The third kappa shape index (κ3) is 3.99. The van der Waals surface area contributed by atoms with Crippen LogP contribution in [-0.4, -0.2) is 82.0 Å². The summed E-state index contributed by atoms with van der Waals surface area (Å²) in [7, 11) is 4.24. The van der Waals surface area contributed by atoms with Crippen molar-refractivity contribution in [3.63, 3.8) is 0 Å². The molecule has 29 heavy (non-hydrogen) atoms. The first-order valence-corrected chi connectivity index (χ1v) is 10.5. The number of H-pyrrole nitrogens is 1. The molecule has 2 fully saturated rings. The van der Waals surface area contributed by atoms with E-state index in [4.69, 9.17) is 4.98 Å². The van der Waals surface area contributed by atoms with Crippen LogP contribution in [0.5, 0.6) is 0 Å². The second kappa shape index (κ2) is 8.10. The van der Waals surface area contributed by atoms with Gasteiger partial charge in [0.25, 0.3) is 5.91 Å². The van der Waals surface area contributed by atoms with Gasteiger partial charge in [0.1, 0.15) is 11.6 Å². The van der Waals surface area contributed by atoms with Crippen molar-refractivity contribution in [3.8, 4) is 0 Å². The van der Waals surface area contributed by atoms with E-state index < -0.39 is 0 Å². The van der Waals surface area contributed by atoms with Gasteiger partial charge in [-0.05, 0) is 47.2 Å². The van der Waals surface area contributed by atoms with Crippen LogP contribution >= 0.6 is 0 Å². The summed E-state index contributed by atoms with van der Waals surface area (Å²) in [5, 5.41) is 0. The molecule has 0 spiro atoms. The van der Waals surface area contributed by atoms with Crippen molar-refractivity contribution in [1.82, 2.24) is 29.7 Å². The molecule has 1 atom stereocenters. The summed E-state index contributed by atoms with van der Waals surface area (Å²) in [4.78, 5) is 36.5. The molecular weight excluding hydrogens is 366 g/mol. The molecule has 8 nitrogen and oxygen atoms in total. The normalized spacial score (nSPS) is 20.7. The summed E-state index contributed by atoms with van der Waals surface area (Å²) in [6, 6.07) is 0.518. The van der Waals surface area contributed by atoms with Crippen LogP contribution in [0.25, 0.3) is 0 Å². The monoisotopic (exact) mass is 397 g/mol. The highest BCUT2D eigenvalue weighted by molar-refractivity contribution is 5.91. The highest BCUT2D eigenvalue weighted by Gasteiger charge is 2.30. The second-order valence-corrected chi connectivity index (χ2v) is 8.47. The number of likely N-dealkylation sites (N-methyl/N-ethyl adjacent to an activating group) is 1. The van der Waals surface area contributed by atoms with Gasteiger partial charge in [-0.15, -0.1) is 0 Å². The van der Waals surface area contributed by atoms with Crippen LogP contribution in [0.1, 0.15) is 52.9 Å². The number of aryl methyl sites for hydroxylation is 1. The Balaban J connectivity index is 1.48. The third-order valence-electron chi connectivity index (χ3n) is 6.44. The Bertz CT molecular complexity index is 856. The lowest BCUT2D eigenvalue weighted by Gasteiger charge is -2.31. The highest BCUT2D eigenvalue weighted by atomic mass is 16.2. The molecule has 0 radical (unpaired) electrons. The number of hydrogen-bond acceptors (Lipinski definition) is 6. The van der Waals surface area contributed by atoms with E-state index in [1.54, 1.807) is 6.20 Å². The minimum atomic E-state index is -0.0596. The number of hydrogen-bond donors (Lipinski definition) is 1. The molecule has 0 aromatic carbocycles. The molecule has 4 heterocycles. The number of aromatic nitrogens is 4. The lowest BCUT2D eigenvalue weighted by molar-refractivity contribution is 0.0698. The maximum absolute atomic E-state index is 13.1. The first-order chi connectivity index (χ1) is 13.9. The summed E-state index contributed by atoms with van der Waals surface area (Å²) >= 11 is 0. The fraction of sp³-hybridized carbons (Fsp3) is 0.619. The Hall–Kier alpha value is -2.48. The van der Waals surface area contributed by atoms with Gasteiger partial charge in [0.15, 0.2) is 0 Å². The molecule has 4 rings (SSSR count). The smallest absolute Gasteiger partial charge is 0.291 e. The van der Waals surface area contributed by atoms with Crippen molar-refractivity contribution >= 4 is 11.7 Å². The maximum Gasteiger partial charge on any atom is 0.291 e. The zero-order valence-corrected chi connectivity index (χ0v) is 17.9. The van der Waals surface area contributed by atoms with Crippen molar-refractivity contribution in [3.05, 3.63) is 35.3 Å². The van der Waals surface area contributed by atoms with E-state index in [1.165, 1.54) is 0 Å².